The molecule has 5 nitrogen and oxygen atoms in total. The number of nitrogens with one attached hydrogen (secondary N) is 1. The molecule has 27 heavy (non-hydrogen) atoms. The summed E-state index contributed by atoms with van der Waals surface area (Å²) in [5, 5.41) is 2.99. The van der Waals surface area contributed by atoms with E-state index in [1.807, 2.05) is 38.1 Å². The van der Waals surface area contributed by atoms with Crippen molar-refractivity contribution in [1.29, 1.82) is 0 Å². The van der Waals surface area contributed by atoms with Crippen LogP contribution in [0, 0.1) is 6.92 Å². The normalized spacial score (nSPS) is 15.3. The Balaban J connectivity index is 1.52. The van der Waals surface area contributed by atoms with Gasteiger partial charge < -0.3 is 19.7 Å². The minimum Gasteiger partial charge on any atom is -0.481 e. The van der Waals surface area contributed by atoms with Crippen LogP contribution < -0.4 is 15.0 Å². The summed E-state index contributed by atoms with van der Waals surface area (Å²) < 4.78 is 11.3. The largest absolute Gasteiger partial charge is 0.481 e. The molecule has 0 spiro atoms. The van der Waals surface area contributed by atoms with E-state index >= 15 is 0 Å². The minimum atomic E-state index is -0.487. The molecule has 1 saturated heterocycles. The Kier molecular flexibility index (Phi) is 6.71. The SMILES string of the molecule is CC[C@@H](Oc1cccc(C)c1)C(=O)NCc1ccc(N2CCOCC2)cc1. The molecule has 1 N–H and O–H groups in total. The van der Waals surface area contributed by atoms with Crippen molar-refractivity contribution in [2.75, 3.05) is 31.2 Å². The lowest BCUT2D eigenvalue weighted by molar-refractivity contribution is -0.128. The van der Waals surface area contributed by atoms with Crippen LogP contribution in [0.15, 0.2) is 48.5 Å². The third kappa shape index (κ3) is 5.47. The number of benzene rings is 2. The van der Waals surface area contributed by atoms with Gasteiger partial charge in [0.05, 0.1) is 13.2 Å². The van der Waals surface area contributed by atoms with Gasteiger partial charge in [0.25, 0.3) is 5.91 Å². The highest BCUT2D eigenvalue weighted by molar-refractivity contribution is 5.81. The molecule has 3 rings (SSSR count). The average molecular weight is 368 g/mol. The molecule has 0 saturated carbocycles. The zero-order chi connectivity index (χ0) is 19.1. The van der Waals surface area contributed by atoms with E-state index in [1.165, 1.54) is 5.69 Å². The highest BCUT2D eigenvalue weighted by atomic mass is 16.5. The number of rotatable bonds is 7. The van der Waals surface area contributed by atoms with Gasteiger partial charge >= 0.3 is 0 Å². The number of amides is 1. The maximum atomic E-state index is 12.5. The number of carbonyl (C=O) groups excluding carboxylic acids is 1. The molecular formula is C22H28N2O3. The van der Waals surface area contributed by atoms with Crippen LogP contribution in [0.5, 0.6) is 5.75 Å². The summed E-state index contributed by atoms with van der Waals surface area (Å²) in [6.07, 6.45) is 0.134. The second-order valence-corrected chi connectivity index (χ2v) is 6.81. The van der Waals surface area contributed by atoms with Crippen LogP contribution in [0.25, 0.3) is 0 Å². The first-order valence-corrected chi connectivity index (χ1v) is 9.58. The van der Waals surface area contributed by atoms with Gasteiger partial charge in [0.1, 0.15) is 5.75 Å². The number of morpholine rings is 1. The molecule has 1 aliphatic rings. The molecule has 5 heteroatoms. The summed E-state index contributed by atoms with van der Waals surface area (Å²) in [7, 11) is 0. The van der Waals surface area contributed by atoms with E-state index in [1.54, 1.807) is 0 Å². The molecule has 2 aromatic carbocycles. The van der Waals surface area contributed by atoms with Gasteiger partial charge in [-0.05, 0) is 48.7 Å². The predicted octanol–water partition coefficient (Wildman–Crippen LogP) is 3.31. The smallest absolute Gasteiger partial charge is 0.261 e. The Morgan fingerprint density at radius 1 is 1.19 bits per heavy atom. The van der Waals surface area contributed by atoms with Crippen LogP contribution in [-0.2, 0) is 16.1 Å². The van der Waals surface area contributed by atoms with E-state index in [9.17, 15) is 4.79 Å². The standard InChI is InChI=1S/C22H28N2O3/c1-3-21(27-20-6-4-5-17(2)15-20)22(25)23-16-18-7-9-19(10-8-18)24-11-13-26-14-12-24/h4-10,15,21H,3,11-14,16H2,1-2H3,(H,23,25)/t21-/m1/s1. The first-order valence-electron chi connectivity index (χ1n) is 9.58. The maximum Gasteiger partial charge on any atom is 0.261 e. The third-order valence-electron chi connectivity index (χ3n) is 4.71. The maximum absolute atomic E-state index is 12.5. The molecule has 0 aromatic heterocycles. The van der Waals surface area contributed by atoms with Crippen molar-refractivity contribution in [3.05, 3.63) is 59.7 Å². The Morgan fingerprint density at radius 2 is 1.93 bits per heavy atom. The van der Waals surface area contributed by atoms with E-state index in [0.717, 1.165) is 43.2 Å². The first-order chi connectivity index (χ1) is 13.2. The second kappa shape index (κ2) is 9.42. The summed E-state index contributed by atoms with van der Waals surface area (Å²) in [6.45, 7) is 7.85. The lowest BCUT2D eigenvalue weighted by atomic mass is 10.1. The van der Waals surface area contributed by atoms with Crippen molar-refractivity contribution in [3.63, 3.8) is 0 Å². The quantitative estimate of drug-likeness (QED) is 0.815. The molecule has 1 amide bonds. The summed E-state index contributed by atoms with van der Waals surface area (Å²) in [5.41, 5.74) is 3.39. The fourth-order valence-electron chi connectivity index (χ4n) is 3.12. The summed E-state index contributed by atoms with van der Waals surface area (Å²) >= 11 is 0. The number of nitrogens with zero attached hydrogens (tertiary/aromatic N) is 1. The fraction of sp³-hybridized carbons (Fsp3) is 0.409. The van der Waals surface area contributed by atoms with Gasteiger partial charge in [0, 0.05) is 25.3 Å². The minimum absolute atomic E-state index is 0.0868. The van der Waals surface area contributed by atoms with Crippen LogP contribution >= 0.6 is 0 Å². The van der Waals surface area contributed by atoms with Gasteiger partial charge in [-0.25, -0.2) is 0 Å². The number of ether oxygens (including phenoxy) is 2. The summed E-state index contributed by atoms with van der Waals surface area (Å²) in [4.78, 5) is 14.8. The monoisotopic (exact) mass is 368 g/mol. The lowest BCUT2D eigenvalue weighted by Gasteiger charge is -2.29. The first kappa shape index (κ1) is 19.2. The molecule has 1 aliphatic heterocycles. The van der Waals surface area contributed by atoms with Gasteiger partial charge in [-0.15, -0.1) is 0 Å². The molecule has 0 unspecified atom stereocenters. The Hall–Kier alpha value is -2.53. The Bertz CT molecular complexity index is 739. The molecule has 1 heterocycles. The van der Waals surface area contributed by atoms with E-state index in [2.05, 4.69) is 34.5 Å². The zero-order valence-corrected chi connectivity index (χ0v) is 16.1. The molecule has 2 aromatic rings. The van der Waals surface area contributed by atoms with E-state index in [0.29, 0.717) is 13.0 Å². The Labute approximate surface area is 161 Å². The molecule has 144 valence electrons. The molecule has 1 fully saturated rings. The van der Waals surface area contributed by atoms with Crippen molar-refractivity contribution in [1.82, 2.24) is 5.32 Å². The number of hydrogen-bond acceptors (Lipinski definition) is 4. The van der Waals surface area contributed by atoms with E-state index in [4.69, 9.17) is 9.47 Å². The van der Waals surface area contributed by atoms with Crippen molar-refractivity contribution in [2.24, 2.45) is 0 Å². The number of hydrogen-bond donors (Lipinski definition) is 1. The number of aryl methyl sites for hydroxylation is 1. The summed E-state index contributed by atoms with van der Waals surface area (Å²) in [5.74, 6) is 0.642. The predicted molar refractivity (Wildman–Crippen MR) is 107 cm³/mol. The van der Waals surface area contributed by atoms with Crippen molar-refractivity contribution < 1.29 is 14.3 Å². The van der Waals surface area contributed by atoms with Gasteiger partial charge in [-0.3, -0.25) is 4.79 Å². The van der Waals surface area contributed by atoms with Crippen molar-refractivity contribution in [3.8, 4) is 5.75 Å². The fourth-order valence-corrected chi connectivity index (χ4v) is 3.12. The molecule has 1 atom stereocenters. The third-order valence-corrected chi connectivity index (χ3v) is 4.71. The average Bonchev–Trinajstić information content (AvgIpc) is 2.71. The molecule has 0 radical (unpaired) electrons. The lowest BCUT2D eigenvalue weighted by Crippen LogP contribution is -2.37. The zero-order valence-electron chi connectivity index (χ0n) is 16.1. The van der Waals surface area contributed by atoms with E-state index in [-0.39, 0.29) is 5.91 Å². The topological polar surface area (TPSA) is 50.8 Å². The van der Waals surface area contributed by atoms with Crippen molar-refractivity contribution >= 4 is 11.6 Å². The molecular weight excluding hydrogens is 340 g/mol. The highest BCUT2D eigenvalue weighted by Gasteiger charge is 2.18. The van der Waals surface area contributed by atoms with Crippen LogP contribution in [0.2, 0.25) is 0 Å². The Morgan fingerprint density at radius 3 is 2.59 bits per heavy atom. The van der Waals surface area contributed by atoms with Gasteiger partial charge in [-0.1, -0.05) is 31.2 Å². The van der Waals surface area contributed by atoms with E-state index < -0.39 is 6.10 Å². The number of carbonyl (C=O) groups is 1. The number of anilines is 1. The molecule has 0 aliphatic carbocycles. The van der Waals surface area contributed by atoms with Gasteiger partial charge in [0.15, 0.2) is 6.10 Å². The van der Waals surface area contributed by atoms with Crippen LogP contribution in [0.3, 0.4) is 0 Å². The van der Waals surface area contributed by atoms with Crippen LogP contribution in [0.4, 0.5) is 5.69 Å². The van der Waals surface area contributed by atoms with Gasteiger partial charge in [-0.2, -0.15) is 0 Å². The van der Waals surface area contributed by atoms with Crippen LogP contribution in [0.1, 0.15) is 24.5 Å². The van der Waals surface area contributed by atoms with Crippen LogP contribution in [-0.4, -0.2) is 38.3 Å². The van der Waals surface area contributed by atoms with Gasteiger partial charge in [0.2, 0.25) is 0 Å². The summed E-state index contributed by atoms with van der Waals surface area (Å²) in [6, 6.07) is 16.1. The molecule has 0 bridgehead atoms. The van der Waals surface area contributed by atoms with Crippen molar-refractivity contribution in [2.45, 2.75) is 32.9 Å². The second-order valence-electron chi connectivity index (χ2n) is 6.81. The highest BCUT2D eigenvalue weighted by Crippen LogP contribution is 2.17.